The minimum absolute atomic E-state index is 0.00855. The molecule has 5 rings (SSSR count). The van der Waals surface area contributed by atoms with Gasteiger partial charge in [0.15, 0.2) is 0 Å². The highest BCUT2D eigenvalue weighted by atomic mass is 16.5. The fraction of sp³-hybridized carbons (Fsp3) is 0.981. The van der Waals surface area contributed by atoms with E-state index in [9.17, 15) is 4.79 Å². The predicted octanol–water partition coefficient (Wildman–Crippen LogP) is 8.46. The summed E-state index contributed by atoms with van der Waals surface area (Å²) >= 11 is 0. The van der Waals surface area contributed by atoms with Gasteiger partial charge in [0.1, 0.15) is 0 Å². The predicted molar refractivity (Wildman–Crippen MR) is 266 cm³/mol. The van der Waals surface area contributed by atoms with E-state index in [1.807, 2.05) is 0 Å². The second-order valence-corrected chi connectivity index (χ2v) is 21.4. The maximum atomic E-state index is 13.7. The van der Waals surface area contributed by atoms with E-state index in [-0.39, 0.29) is 29.1 Å². The van der Waals surface area contributed by atoms with Crippen LogP contribution < -0.4 is 22.5 Å². The number of unbranched alkanes of at least 4 members (excludes halogenated alkanes) is 5. The van der Waals surface area contributed by atoms with Crippen molar-refractivity contribution in [2.45, 2.75) is 162 Å². The Morgan fingerprint density at radius 3 is 2.13 bits per heavy atom. The van der Waals surface area contributed by atoms with Gasteiger partial charge in [-0.3, -0.25) is 0 Å². The van der Waals surface area contributed by atoms with Gasteiger partial charge in [-0.1, -0.05) is 64.9 Å². The average Bonchev–Trinajstić information content (AvgIpc) is 3.85. The zero-order valence-electron chi connectivity index (χ0n) is 42.8. The zero-order valence-corrected chi connectivity index (χ0v) is 42.8. The monoisotopic (exact) mass is 947 g/mol. The van der Waals surface area contributed by atoms with Gasteiger partial charge in [0.05, 0.1) is 58.0 Å². The first kappa shape index (κ1) is 56.1. The van der Waals surface area contributed by atoms with Crippen LogP contribution in [0.1, 0.15) is 143 Å². The number of amides is 2. The van der Waals surface area contributed by atoms with Crippen LogP contribution in [0.2, 0.25) is 0 Å². The van der Waals surface area contributed by atoms with Gasteiger partial charge in [-0.25, -0.2) is 4.79 Å². The van der Waals surface area contributed by atoms with Crippen LogP contribution in [0, 0.1) is 58.2 Å². The molecule has 0 aliphatic heterocycles. The van der Waals surface area contributed by atoms with E-state index in [2.05, 4.69) is 47.9 Å². The molecule has 1 spiro atoms. The Balaban J connectivity index is 1.22. The smallest absolute Gasteiger partial charge is 0.317 e. The lowest BCUT2D eigenvalue weighted by Crippen LogP contribution is -2.59. The lowest BCUT2D eigenvalue weighted by Gasteiger charge is -2.59. The molecule has 0 bridgehead atoms. The van der Waals surface area contributed by atoms with Gasteiger partial charge in [0.25, 0.3) is 0 Å². The van der Waals surface area contributed by atoms with Gasteiger partial charge in [-0.05, 0) is 161 Å². The van der Waals surface area contributed by atoms with Crippen molar-refractivity contribution in [1.29, 1.82) is 0 Å². The Bertz CT molecular complexity index is 1430. The van der Waals surface area contributed by atoms with Crippen molar-refractivity contribution in [3.63, 3.8) is 0 Å². The highest BCUT2D eigenvalue weighted by Gasteiger charge is 2.80. The van der Waals surface area contributed by atoms with Gasteiger partial charge >= 0.3 is 6.03 Å². The molecule has 67 heavy (non-hydrogen) atoms. The van der Waals surface area contributed by atoms with Gasteiger partial charge < -0.3 is 55.8 Å². The van der Waals surface area contributed by atoms with E-state index in [1.54, 1.807) is 0 Å². The minimum atomic E-state index is 0.00855. The Hall–Kier alpha value is -1.78. The molecular weight excluding hydrogens is 849 g/mol. The van der Waals surface area contributed by atoms with Crippen molar-refractivity contribution >= 4 is 6.03 Å². The minimum Gasteiger partial charge on any atom is -0.379 e. The van der Waals surface area contributed by atoms with Crippen LogP contribution in [0.3, 0.4) is 0 Å². The molecule has 5 aliphatic rings. The van der Waals surface area contributed by atoms with Crippen molar-refractivity contribution in [3.05, 3.63) is 10.4 Å². The lowest BCUT2D eigenvalue weighted by atomic mass is 9.49. The molecule has 0 radical (unpaired) electrons. The van der Waals surface area contributed by atoms with Crippen LogP contribution in [-0.4, -0.2) is 135 Å². The molecule has 0 aromatic carbocycles. The van der Waals surface area contributed by atoms with Gasteiger partial charge in [0, 0.05) is 56.3 Å². The van der Waals surface area contributed by atoms with Crippen LogP contribution in [0.25, 0.3) is 10.4 Å². The maximum absolute atomic E-state index is 13.7. The van der Waals surface area contributed by atoms with E-state index in [0.29, 0.717) is 120 Å². The van der Waals surface area contributed by atoms with Crippen molar-refractivity contribution < 1.29 is 33.2 Å². The number of nitrogens with zero attached hydrogens (tertiary/aromatic N) is 4. The molecule has 0 aromatic heterocycles. The summed E-state index contributed by atoms with van der Waals surface area (Å²) in [5, 5.41) is 6.60. The third kappa shape index (κ3) is 15.4. The van der Waals surface area contributed by atoms with Crippen molar-refractivity contribution in [2.75, 3.05) is 105 Å². The van der Waals surface area contributed by atoms with Gasteiger partial charge in [0.2, 0.25) is 0 Å². The van der Waals surface area contributed by atoms with Crippen LogP contribution in [0.4, 0.5) is 4.79 Å². The van der Waals surface area contributed by atoms with Gasteiger partial charge in [-0.2, -0.15) is 0 Å². The van der Waals surface area contributed by atoms with Crippen molar-refractivity contribution in [2.24, 2.45) is 80.5 Å². The summed E-state index contributed by atoms with van der Waals surface area (Å²) in [5.41, 5.74) is 26.7. The lowest BCUT2D eigenvalue weighted by molar-refractivity contribution is -0.193. The van der Waals surface area contributed by atoms with Crippen molar-refractivity contribution in [3.8, 4) is 0 Å². The van der Waals surface area contributed by atoms with Crippen LogP contribution in [-0.2, 0) is 28.4 Å². The molecule has 13 atom stereocenters. The number of carbonyl (C=O) groups excluding carboxylic acids is 1. The summed E-state index contributed by atoms with van der Waals surface area (Å²) in [6.07, 6.45) is 21.0. The summed E-state index contributed by atoms with van der Waals surface area (Å²) in [7, 11) is 0. The molecule has 5 saturated carbocycles. The topological polar surface area (TPSA) is 215 Å². The van der Waals surface area contributed by atoms with Crippen LogP contribution in [0.5, 0.6) is 0 Å². The highest BCUT2D eigenvalue weighted by molar-refractivity contribution is 5.74. The first-order valence-electron chi connectivity index (χ1n) is 27.4. The van der Waals surface area contributed by atoms with Gasteiger partial charge in [-0.15, -0.1) is 0 Å². The Labute approximate surface area is 406 Å². The molecule has 5 fully saturated rings. The largest absolute Gasteiger partial charge is 0.379 e. The number of rotatable bonds is 36. The molecule has 388 valence electrons. The fourth-order valence-electron chi connectivity index (χ4n) is 14.4. The number of carbonyl (C=O) groups is 1. The van der Waals surface area contributed by atoms with E-state index < -0.39 is 0 Å². The fourth-order valence-corrected chi connectivity index (χ4v) is 14.4. The summed E-state index contributed by atoms with van der Waals surface area (Å²) in [4.78, 5) is 18.5. The first-order chi connectivity index (χ1) is 32.7. The number of ether oxygens (including phenoxy) is 6. The molecule has 0 aromatic rings. The zero-order chi connectivity index (χ0) is 47.9. The van der Waals surface area contributed by atoms with E-state index >= 15 is 0 Å². The summed E-state index contributed by atoms with van der Waals surface area (Å²) in [6, 6.07) is 0.00855. The summed E-state index contributed by atoms with van der Waals surface area (Å²) < 4.78 is 37.6. The van der Waals surface area contributed by atoms with E-state index in [1.165, 1.54) is 44.9 Å². The number of nitrogens with one attached hydrogen (secondary N) is 1. The number of hydrogen-bond donors (Lipinski definition) is 4. The molecule has 0 heterocycles. The first-order valence-corrected chi connectivity index (χ1v) is 27.4. The molecule has 15 heteroatoms. The molecule has 0 saturated heterocycles. The third-order valence-electron chi connectivity index (χ3n) is 17.3. The Kier molecular flexibility index (Phi) is 25.3. The molecule has 8 unspecified atom stereocenters. The number of urea groups is 1. The van der Waals surface area contributed by atoms with E-state index in [0.717, 1.165) is 109 Å². The average molecular weight is 947 g/mol. The third-order valence-corrected chi connectivity index (χ3v) is 17.3. The molecule has 7 N–H and O–H groups in total. The van der Waals surface area contributed by atoms with Crippen molar-refractivity contribution in [1.82, 2.24) is 10.2 Å². The standard InChI is InChI=1S/C52H98N8O7/c1-5-6-7-8-9-10-25-60(50(61)57-23-30-62-32-34-64-35-33-63-31-24-58-59-56)26-11-15-39(2)43-18-19-44-49-45(66-28-13-21-54)37-41-36-42(65-27-12-20-53)17-16-40(3)47-48(41)52(47,49)38-46(51(43,44)4)67-29-14-22-55/h39-49H,5-38,53-55H2,1-4H3,(H,57,61)/t39?,40?,41?,42-,43?,44+,45-,46+,47?,48?,49?,51?,52+/m1/s1. The highest BCUT2D eigenvalue weighted by Crippen LogP contribution is 2.82. The number of azide groups is 1. The molecular formula is C52H98N8O7. The Morgan fingerprint density at radius 1 is 0.761 bits per heavy atom. The molecule has 2 amide bonds. The summed E-state index contributed by atoms with van der Waals surface area (Å²) in [5.74, 6) is 4.86. The second kappa shape index (κ2) is 30.2. The molecule has 5 aliphatic carbocycles. The number of nitrogens with two attached hydrogens (primary N) is 3. The SMILES string of the molecule is CCCCCCCCN(CCCC(C)C1CC[C@H]2C3[C@H](OCCCN)CC4C[C@H](OCCCN)CCC(C)C5C4[C@]53C[C@H](OCCCN)C12C)C(=O)NCCOCCOCCOCCN=[N+]=[N-]. The summed E-state index contributed by atoms with van der Waals surface area (Å²) in [6.45, 7) is 19.1. The number of fused-ring (bicyclic) bond motifs is 2. The number of hydrogen-bond acceptors (Lipinski definition) is 11. The van der Waals surface area contributed by atoms with E-state index in [4.69, 9.17) is 51.2 Å². The molecule has 15 nitrogen and oxygen atoms in total. The maximum Gasteiger partial charge on any atom is 0.317 e. The quantitative estimate of drug-likeness (QED) is 0.0203. The van der Waals surface area contributed by atoms with Crippen LogP contribution >= 0.6 is 0 Å². The Morgan fingerprint density at radius 2 is 1.42 bits per heavy atom. The second-order valence-electron chi connectivity index (χ2n) is 21.4. The normalized spacial score (nSPS) is 32.3. The van der Waals surface area contributed by atoms with Crippen LogP contribution in [0.15, 0.2) is 5.11 Å².